The second kappa shape index (κ2) is 10.3. The maximum atomic E-state index is 13.2. The van der Waals surface area contributed by atoms with Gasteiger partial charge in [-0.3, -0.25) is 29.8 Å². The normalized spacial score (nSPS) is 10.7. The highest BCUT2D eigenvalue weighted by molar-refractivity contribution is 7.99. The Morgan fingerprint density at radius 2 is 1.83 bits per heavy atom. The summed E-state index contributed by atoms with van der Waals surface area (Å²) in [6.07, 6.45) is 2.00. The van der Waals surface area contributed by atoms with E-state index in [1.54, 1.807) is 30.3 Å². The number of thioether (sulfide) groups is 1. The number of benzene rings is 2. The van der Waals surface area contributed by atoms with Crippen molar-refractivity contribution in [2.75, 3.05) is 5.75 Å². The maximum absolute atomic E-state index is 13.2. The van der Waals surface area contributed by atoms with E-state index < -0.39 is 5.91 Å². The summed E-state index contributed by atoms with van der Waals surface area (Å²) in [5.41, 5.74) is 5.63. The first kappa shape index (κ1) is 21.9. The Labute approximate surface area is 182 Å². The van der Waals surface area contributed by atoms with Gasteiger partial charge >= 0.3 is 0 Å². The van der Waals surface area contributed by atoms with E-state index >= 15 is 0 Å². The standard InChI is InChI=1S/C21H21ClN4O3S/c1-2-3-9-18(27)24-25-19(28)13-30-21-23-17-11-10-14(22)12-16(17)20(29)26(21)15-7-5-4-6-8-15/h4-8,10-12H,2-3,9,13H2,1H3,(H,24,27)(H,25,28). The molecule has 3 rings (SSSR count). The van der Waals surface area contributed by atoms with Gasteiger partial charge in [-0.1, -0.05) is 54.9 Å². The van der Waals surface area contributed by atoms with Crippen molar-refractivity contribution in [1.29, 1.82) is 0 Å². The molecule has 0 unspecified atom stereocenters. The number of fused-ring (bicyclic) bond motifs is 1. The van der Waals surface area contributed by atoms with E-state index in [0.717, 1.165) is 24.6 Å². The van der Waals surface area contributed by atoms with Crippen LogP contribution in [0.1, 0.15) is 26.2 Å². The lowest BCUT2D eigenvalue weighted by Crippen LogP contribution is -2.42. The monoisotopic (exact) mass is 444 g/mol. The minimum atomic E-state index is -0.394. The van der Waals surface area contributed by atoms with Crippen LogP contribution in [0.5, 0.6) is 0 Å². The van der Waals surface area contributed by atoms with Gasteiger partial charge in [-0.2, -0.15) is 0 Å². The number of nitrogens with one attached hydrogen (secondary N) is 2. The van der Waals surface area contributed by atoms with Crippen molar-refractivity contribution in [3.63, 3.8) is 0 Å². The number of aromatic nitrogens is 2. The second-order valence-electron chi connectivity index (χ2n) is 6.52. The second-order valence-corrected chi connectivity index (χ2v) is 7.90. The molecule has 30 heavy (non-hydrogen) atoms. The van der Waals surface area contributed by atoms with Crippen molar-refractivity contribution in [3.05, 3.63) is 63.9 Å². The zero-order valence-corrected chi connectivity index (χ0v) is 17.9. The molecule has 2 aromatic carbocycles. The predicted molar refractivity (Wildman–Crippen MR) is 119 cm³/mol. The molecule has 1 heterocycles. The third-order valence-electron chi connectivity index (χ3n) is 4.24. The molecule has 7 nitrogen and oxygen atoms in total. The molecule has 2 N–H and O–H groups in total. The summed E-state index contributed by atoms with van der Waals surface area (Å²) >= 11 is 7.16. The Hall–Kier alpha value is -2.84. The highest BCUT2D eigenvalue weighted by Gasteiger charge is 2.15. The first-order valence-corrected chi connectivity index (χ1v) is 10.8. The average Bonchev–Trinajstić information content (AvgIpc) is 2.76. The smallest absolute Gasteiger partial charge is 0.266 e. The Balaban J connectivity index is 1.84. The topological polar surface area (TPSA) is 93.1 Å². The van der Waals surface area contributed by atoms with E-state index in [4.69, 9.17) is 11.6 Å². The van der Waals surface area contributed by atoms with E-state index in [-0.39, 0.29) is 17.2 Å². The molecule has 0 aliphatic carbocycles. The summed E-state index contributed by atoms with van der Waals surface area (Å²) in [4.78, 5) is 41.5. The van der Waals surface area contributed by atoms with Crippen molar-refractivity contribution in [1.82, 2.24) is 20.4 Å². The maximum Gasteiger partial charge on any atom is 0.266 e. The highest BCUT2D eigenvalue weighted by atomic mass is 35.5. The fourth-order valence-electron chi connectivity index (χ4n) is 2.74. The summed E-state index contributed by atoms with van der Waals surface area (Å²) in [6, 6.07) is 14.0. The minimum Gasteiger partial charge on any atom is -0.273 e. The van der Waals surface area contributed by atoms with Crippen LogP contribution in [0.25, 0.3) is 16.6 Å². The number of para-hydroxylation sites is 1. The van der Waals surface area contributed by atoms with Gasteiger partial charge in [0.05, 0.1) is 22.3 Å². The van der Waals surface area contributed by atoms with Crippen LogP contribution in [-0.2, 0) is 9.59 Å². The summed E-state index contributed by atoms with van der Waals surface area (Å²) in [5.74, 6) is -0.654. The van der Waals surface area contributed by atoms with Crippen LogP contribution in [0.15, 0.2) is 58.5 Å². The van der Waals surface area contributed by atoms with E-state index in [2.05, 4.69) is 15.8 Å². The van der Waals surface area contributed by atoms with Gasteiger partial charge in [0.1, 0.15) is 0 Å². The number of carbonyl (C=O) groups excluding carboxylic acids is 2. The largest absolute Gasteiger partial charge is 0.273 e. The van der Waals surface area contributed by atoms with Crippen LogP contribution < -0.4 is 16.4 Å². The SMILES string of the molecule is CCCCC(=O)NNC(=O)CSc1nc2ccc(Cl)cc2c(=O)n1-c1ccccc1. The van der Waals surface area contributed by atoms with E-state index in [1.807, 2.05) is 25.1 Å². The number of unbranched alkanes of at least 4 members (excludes halogenated alkanes) is 1. The van der Waals surface area contributed by atoms with Gasteiger partial charge < -0.3 is 0 Å². The molecule has 156 valence electrons. The molecule has 0 aliphatic heterocycles. The van der Waals surface area contributed by atoms with E-state index in [1.165, 1.54) is 4.57 Å². The van der Waals surface area contributed by atoms with Crippen molar-refractivity contribution >= 4 is 46.1 Å². The summed E-state index contributed by atoms with van der Waals surface area (Å²) in [5, 5.41) is 1.21. The molecule has 2 amide bonds. The van der Waals surface area contributed by atoms with Crippen molar-refractivity contribution in [3.8, 4) is 5.69 Å². The quantitative estimate of drug-likeness (QED) is 0.330. The lowest BCUT2D eigenvalue weighted by molar-refractivity contribution is -0.127. The van der Waals surface area contributed by atoms with Crippen LogP contribution in [0.3, 0.4) is 0 Å². The lowest BCUT2D eigenvalue weighted by atomic mass is 10.2. The van der Waals surface area contributed by atoms with Crippen LogP contribution in [0.2, 0.25) is 5.02 Å². The molecule has 0 saturated heterocycles. The fourth-order valence-corrected chi connectivity index (χ4v) is 3.73. The van der Waals surface area contributed by atoms with E-state index in [9.17, 15) is 14.4 Å². The number of carbonyl (C=O) groups is 2. The first-order valence-electron chi connectivity index (χ1n) is 9.48. The van der Waals surface area contributed by atoms with Gasteiger partial charge in [-0.25, -0.2) is 4.98 Å². The molecule has 0 saturated carbocycles. The minimum absolute atomic E-state index is 0.0214. The molecule has 0 bridgehead atoms. The Morgan fingerprint density at radius 1 is 1.10 bits per heavy atom. The molecule has 0 spiro atoms. The van der Waals surface area contributed by atoms with Crippen molar-refractivity contribution in [2.45, 2.75) is 31.3 Å². The Bertz CT molecular complexity index is 1120. The van der Waals surface area contributed by atoms with Crippen LogP contribution >= 0.6 is 23.4 Å². The van der Waals surface area contributed by atoms with Gasteiger partial charge in [0.15, 0.2) is 5.16 Å². The molecule has 0 radical (unpaired) electrons. The van der Waals surface area contributed by atoms with Crippen molar-refractivity contribution < 1.29 is 9.59 Å². The molecule has 0 fully saturated rings. The molecule has 9 heteroatoms. The predicted octanol–water partition coefficient (Wildman–Crippen LogP) is 3.47. The average molecular weight is 445 g/mol. The summed E-state index contributed by atoms with van der Waals surface area (Å²) in [6.45, 7) is 1.99. The number of rotatable bonds is 7. The Kier molecular flexibility index (Phi) is 7.48. The summed E-state index contributed by atoms with van der Waals surface area (Å²) < 4.78 is 1.45. The van der Waals surface area contributed by atoms with Gasteiger partial charge in [-0.15, -0.1) is 0 Å². The molecule has 3 aromatic rings. The fraction of sp³-hybridized carbons (Fsp3) is 0.238. The lowest BCUT2D eigenvalue weighted by Gasteiger charge is -2.13. The number of hydrogen-bond acceptors (Lipinski definition) is 5. The highest BCUT2D eigenvalue weighted by Crippen LogP contribution is 2.22. The number of hydrogen-bond donors (Lipinski definition) is 2. The Morgan fingerprint density at radius 3 is 2.57 bits per heavy atom. The first-order chi connectivity index (χ1) is 14.5. The molecule has 0 aliphatic rings. The zero-order valence-electron chi connectivity index (χ0n) is 16.4. The van der Waals surface area contributed by atoms with Crippen LogP contribution in [0.4, 0.5) is 0 Å². The van der Waals surface area contributed by atoms with Gasteiger partial charge in [0.25, 0.3) is 5.56 Å². The number of nitrogens with zero attached hydrogens (tertiary/aromatic N) is 2. The molecular weight excluding hydrogens is 424 g/mol. The zero-order chi connectivity index (χ0) is 21.5. The van der Waals surface area contributed by atoms with Gasteiger partial charge in [0.2, 0.25) is 11.8 Å². The molecular formula is C21H21ClN4O3S. The van der Waals surface area contributed by atoms with Crippen molar-refractivity contribution in [2.24, 2.45) is 0 Å². The molecule has 1 aromatic heterocycles. The van der Waals surface area contributed by atoms with Gasteiger partial charge in [-0.05, 0) is 36.8 Å². The molecule has 0 atom stereocenters. The van der Waals surface area contributed by atoms with E-state index in [0.29, 0.717) is 33.2 Å². The summed E-state index contributed by atoms with van der Waals surface area (Å²) in [7, 11) is 0. The number of hydrazine groups is 1. The van der Waals surface area contributed by atoms with Crippen LogP contribution in [0, 0.1) is 0 Å². The van der Waals surface area contributed by atoms with Crippen LogP contribution in [-0.4, -0.2) is 27.1 Å². The number of amides is 2. The third-order valence-corrected chi connectivity index (χ3v) is 5.42. The number of halogens is 1. The third kappa shape index (κ3) is 5.40. The van der Waals surface area contributed by atoms with Gasteiger partial charge in [0, 0.05) is 11.4 Å².